The average Bonchev–Trinajstić information content (AvgIpc) is 2.82. The van der Waals surface area contributed by atoms with Crippen LogP contribution in [0.25, 0.3) is 0 Å². The molecule has 4 rings (SSSR count). The fourth-order valence-corrected chi connectivity index (χ4v) is 9.46. The summed E-state index contributed by atoms with van der Waals surface area (Å²) < 4.78 is 0. The average molecular weight is 525 g/mol. The highest BCUT2D eigenvalue weighted by Gasteiger charge is 2.48. The first kappa shape index (κ1) is 20.5. The van der Waals surface area contributed by atoms with Crippen LogP contribution in [0, 0.1) is 0 Å². The van der Waals surface area contributed by atoms with Crippen molar-refractivity contribution in [1.82, 2.24) is 0 Å². The van der Waals surface area contributed by atoms with Gasteiger partial charge in [-0.05, 0) is 48.0 Å². The van der Waals surface area contributed by atoms with Crippen molar-refractivity contribution in [1.29, 1.82) is 0 Å². The SMILES string of the molecule is BrCc1ccc([P+](c2ccccc2)(c2ccccc2)c2ccccc2)c(CBr)c1. The summed E-state index contributed by atoms with van der Waals surface area (Å²) in [4.78, 5) is 0. The number of hydrogen-bond acceptors (Lipinski definition) is 0. The number of benzene rings is 4. The smallest absolute Gasteiger partial charge is 0.0876 e. The zero-order chi connectivity index (χ0) is 20.1. The van der Waals surface area contributed by atoms with Gasteiger partial charge in [0.05, 0.1) is 0 Å². The largest absolute Gasteiger partial charge is 0.144 e. The van der Waals surface area contributed by atoms with Crippen LogP contribution in [0.3, 0.4) is 0 Å². The van der Waals surface area contributed by atoms with Crippen molar-refractivity contribution in [2.75, 3.05) is 0 Å². The summed E-state index contributed by atoms with van der Waals surface area (Å²) in [7, 11) is -2.04. The van der Waals surface area contributed by atoms with E-state index in [0.29, 0.717) is 0 Å². The summed E-state index contributed by atoms with van der Waals surface area (Å²) in [6.45, 7) is 0. The van der Waals surface area contributed by atoms with Gasteiger partial charge in [-0.1, -0.05) is 98.6 Å². The molecule has 0 amide bonds. The third-order valence-corrected chi connectivity index (χ3v) is 10.9. The van der Waals surface area contributed by atoms with Gasteiger partial charge in [0.2, 0.25) is 0 Å². The normalized spacial score (nSPS) is 11.4. The van der Waals surface area contributed by atoms with E-state index in [2.05, 4.69) is 141 Å². The second-order valence-corrected chi connectivity index (χ2v) is 11.4. The topological polar surface area (TPSA) is 0 Å². The molecule has 0 saturated heterocycles. The molecule has 0 unspecified atom stereocenters. The third-order valence-electron chi connectivity index (χ3n) is 5.23. The van der Waals surface area contributed by atoms with Gasteiger partial charge in [0, 0.05) is 16.2 Å². The van der Waals surface area contributed by atoms with Crippen molar-refractivity contribution in [3.63, 3.8) is 0 Å². The Bertz CT molecular complexity index is 967. The maximum atomic E-state index is 3.78. The molecule has 0 aliphatic heterocycles. The Kier molecular flexibility index (Phi) is 6.65. The lowest BCUT2D eigenvalue weighted by molar-refractivity contribution is 1.37. The Balaban J connectivity index is 2.15. The fourth-order valence-electron chi connectivity index (χ4n) is 3.98. The van der Waals surface area contributed by atoms with E-state index in [4.69, 9.17) is 0 Å². The fraction of sp³-hybridized carbons (Fsp3) is 0.0769. The van der Waals surface area contributed by atoms with Crippen molar-refractivity contribution in [3.05, 3.63) is 120 Å². The first-order valence-corrected chi connectivity index (χ1v) is 13.6. The summed E-state index contributed by atoms with van der Waals surface area (Å²) in [5.74, 6) is 0. The number of hydrogen-bond donors (Lipinski definition) is 0. The molecule has 0 aliphatic rings. The predicted octanol–water partition coefficient (Wildman–Crippen LogP) is 6.10. The van der Waals surface area contributed by atoms with E-state index in [1.165, 1.54) is 32.3 Å². The molecule has 0 aliphatic carbocycles. The van der Waals surface area contributed by atoms with Crippen LogP contribution in [0.5, 0.6) is 0 Å². The minimum absolute atomic E-state index is 0.831. The molecule has 3 heteroatoms. The minimum Gasteiger partial charge on any atom is -0.0876 e. The molecular weight excluding hydrogens is 503 g/mol. The Labute approximate surface area is 190 Å². The van der Waals surface area contributed by atoms with E-state index in [1.807, 2.05) is 0 Å². The van der Waals surface area contributed by atoms with Gasteiger partial charge in [0.25, 0.3) is 0 Å². The van der Waals surface area contributed by atoms with Crippen molar-refractivity contribution in [2.24, 2.45) is 0 Å². The van der Waals surface area contributed by atoms with Crippen LogP contribution in [-0.4, -0.2) is 0 Å². The second-order valence-electron chi connectivity index (χ2n) is 6.91. The Hall–Kier alpha value is -1.73. The highest BCUT2D eigenvalue weighted by atomic mass is 79.9. The first-order valence-electron chi connectivity index (χ1n) is 9.61. The molecule has 0 nitrogen and oxygen atoms in total. The highest BCUT2D eigenvalue weighted by molar-refractivity contribution is 9.08. The molecule has 144 valence electrons. The molecule has 0 N–H and O–H groups in total. The molecule has 0 radical (unpaired) electrons. The zero-order valence-electron chi connectivity index (χ0n) is 16.0. The van der Waals surface area contributed by atoms with Gasteiger partial charge in [-0.15, -0.1) is 0 Å². The third kappa shape index (κ3) is 3.87. The molecule has 0 atom stereocenters. The highest BCUT2D eigenvalue weighted by Crippen LogP contribution is 2.55. The van der Waals surface area contributed by atoms with E-state index < -0.39 is 7.26 Å². The van der Waals surface area contributed by atoms with Crippen molar-refractivity contribution in [3.8, 4) is 0 Å². The molecule has 0 spiro atoms. The molecule has 0 aromatic heterocycles. The Morgan fingerprint density at radius 3 is 1.34 bits per heavy atom. The Morgan fingerprint density at radius 2 is 0.966 bits per heavy atom. The van der Waals surface area contributed by atoms with Crippen LogP contribution >= 0.6 is 39.1 Å². The zero-order valence-corrected chi connectivity index (χ0v) is 20.1. The van der Waals surface area contributed by atoms with Crippen molar-refractivity contribution < 1.29 is 0 Å². The number of halogens is 2. The number of rotatable bonds is 6. The monoisotopic (exact) mass is 523 g/mol. The maximum Gasteiger partial charge on any atom is 0.144 e. The van der Waals surface area contributed by atoms with Gasteiger partial charge in [-0.25, -0.2) is 0 Å². The standard InChI is InChI=1S/C26H22Br2P/c27-19-21-16-17-26(22(18-21)20-28)29(23-10-4-1-5-11-23,24-12-6-2-7-13-24)25-14-8-3-9-15-25/h1-18H,19-20H2/q+1. The van der Waals surface area contributed by atoms with E-state index in [9.17, 15) is 0 Å². The van der Waals surface area contributed by atoms with Gasteiger partial charge in [-0.3, -0.25) is 0 Å². The lowest BCUT2D eigenvalue weighted by atomic mass is 10.2. The summed E-state index contributed by atoms with van der Waals surface area (Å²) in [5, 5.41) is 7.25. The van der Waals surface area contributed by atoms with E-state index >= 15 is 0 Å². The lowest BCUT2D eigenvalue weighted by Crippen LogP contribution is -2.40. The Morgan fingerprint density at radius 1 is 0.517 bits per heavy atom. The van der Waals surface area contributed by atoms with Gasteiger partial charge in [0.1, 0.15) is 28.5 Å². The molecule has 0 fully saturated rings. The van der Waals surface area contributed by atoms with Crippen molar-refractivity contribution >= 4 is 60.3 Å². The maximum absolute atomic E-state index is 3.78. The van der Waals surface area contributed by atoms with Crippen LogP contribution < -0.4 is 21.2 Å². The van der Waals surface area contributed by atoms with E-state index in [-0.39, 0.29) is 0 Å². The van der Waals surface area contributed by atoms with Gasteiger partial charge >= 0.3 is 0 Å². The van der Waals surface area contributed by atoms with Gasteiger partial charge < -0.3 is 0 Å². The summed E-state index contributed by atoms with van der Waals surface area (Å²) >= 11 is 7.41. The predicted molar refractivity (Wildman–Crippen MR) is 136 cm³/mol. The summed E-state index contributed by atoms with van der Waals surface area (Å²) in [6.07, 6.45) is 0. The molecule has 4 aromatic carbocycles. The van der Waals surface area contributed by atoms with E-state index in [0.717, 1.165) is 10.7 Å². The lowest BCUT2D eigenvalue weighted by Gasteiger charge is -2.29. The minimum atomic E-state index is -2.04. The van der Waals surface area contributed by atoms with Gasteiger partial charge in [-0.2, -0.15) is 0 Å². The van der Waals surface area contributed by atoms with E-state index in [1.54, 1.807) is 0 Å². The first-order chi connectivity index (χ1) is 14.3. The molecular formula is C26H22Br2P+. The van der Waals surface area contributed by atoms with Crippen LogP contribution in [0.4, 0.5) is 0 Å². The van der Waals surface area contributed by atoms with Crippen molar-refractivity contribution in [2.45, 2.75) is 10.7 Å². The van der Waals surface area contributed by atoms with Crippen LogP contribution in [0.15, 0.2) is 109 Å². The molecule has 0 bridgehead atoms. The summed E-state index contributed by atoms with van der Waals surface area (Å²) in [5.41, 5.74) is 2.65. The molecule has 29 heavy (non-hydrogen) atoms. The van der Waals surface area contributed by atoms with Crippen LogP contribution in [0.2, 0.25) is 0 Å². The summed E-state index contributed by atoms with van der Waals surface area (Å²) in [6, 6.07) is 40.0. The van der Waals surface area contributed by atoms with Crippen LogP contribution in [-0.2, 0) is 10.7 Å². The molecule has 0 heterocycles. The second kappa shape index (κ2) is 9.39. The van der Waals surface area contributed by atoms with Gasteiger partial charge in [0.15, 0.2) is 0 Å². The molecule has 0 saturated carbocycles. The number of alkyl halides is 2. The molecule has 4 aromatic rings. The van der Waals surface area contributed by atoms with Crippen LogP contribution in [0.1, 0.15) is 11.1 Å². The quantitative estimate of drug-likeness (QED) is 0.211.